The number of carbonyl (C=O) groups excluding carboxylic acids is 2. The average molecular weight is 411 g/mol. The predicted octanol–water partition coefficient (Wildman–Crippen LogP) is 1.91. The Hall–Kier alpha value is -1.47. The van der Waals surface area contributed by atoms with Gasteiger partial charge in [0.05, 0.1) is 12.1 Å². The highest BCUT2D eigenvalue weighted by Gasteiger charge is 2.61. The summed E-state index contributed by atoms with van der Waals surface area (Å²) in [6.07, 6.45) is 0.425. The fraction of sp³-hybridized carbons (Fsp3) is 0.556. The van der Waals surface area contributed by atoms with Crippen molar-refractivity contribution in [2.45, 2.75) is 49.4 Å². The SMILES string of the molecule is CC1(O)CC(NC(=O)CN2C[C@]3(C[C@@H]3F)c3cc(Br)ccc3C2=O)C1. The molecule has 1 spiro atoms. The van der Waals surface area contributed by atoms with E-state index >= 15 is 0 Å². The molecule has 2 saturated carbocycles. The molecule has 1 aromatic rings. The van der Waals surface area contributed by atoms with E-state index in [9.17, 15) is 19.1 Å². The number of rotatable bonds is 3. The minimum Gasteiger partial charge on any atom is -0.390 e. The monoisotopic (exact) mass is 410 g/mol. The number of halogens is 2. The third-order valence-corrected chi connectivity index (χ3v) is 6.06. The lowest BCUT2D eigenvalue weighted by Gasteiger charge is -2.41. The van der Waals surface area contributed by atoms with Crippen LogP contribution in [0.2, 0.25) is 0 Å². The first-order chi connectivity index (χ1) is 11.7. The molecular weight excluding hydrogens is 391 g/mol. The second-order valence-electron chi connectivity index (χ2n) is 7.85. The Balaban J connectivity index is 1.49. The number of fused-ring (bicyclic) bond motifs is 2. The van der Waals surface area contributed by atoms with Crippen LogP contribution in [-0.4, -0.2) is 52.7 Å². The molecule has 2 fully saturated rings. The lowest BCUT2D eigenvalue weighted by atomic mass is 9.77. The molecule has 2 atom stereocenters. The molecule has 0 radical (unpaired) electrons. The van der Waals surface area contributed by atoms with Crippen molar-refractivity contribution in [2.75, 3.05) is 13.1 Å². The normalized spacial score (nSPS) is 36.0. The molecule has 4 rings (SSSR count). The van der Waals surface area contributed by atoms with Crippen LogP contribution in [0, 0.1) is 0 Å². The Bertz CT molecular complexity index is 761. The molecule has 5 nitrogen and oxygen atoms in total. The fourth-order valence-corrected chi connectivity index (χ4v) is 4.53. The van der Waals surface area contributed by atoms with E-state index in [0.29, 0.717) is 24.8 Å². The van der Waals surface area contributed by atoms with Gasteiger partial charge in [-0.3, -0.25) is 9.59 Å². The minimum atomic E-state index is -0.985. The first-order valence-electron chi connectivity index (χ1n) is 8.45. The number of carbonyl (C=O) groups is 2. The third-order valence-electron chi connectivity index (χ3n) is 5.56. The van der Waals surface area contributed by atoms with Gasteiger partial charge in [0.2, 0.25) is 5.91 Å². The maximum Gasteiger partial charge on any atom is 0.254 e. The third kappa shape index (κ3) is 2.87. The largest absolute Gasteiger partial charge is 0.390 e. The highest BCUT2D eigenvalue weighted by molar-refractivity contribution is 9.10. The molecule has 2 amide bonds. The minimum absolute atomic E-state index is 0.0607. The van der Waals surface area contributed by atoms with E-state index < -0.39 is 17.2 Å². The number of hydrogen-bond acceptors (Lipinski definition) is 3. The smallest absolute Gasteiger partial charge is 0.254 e. The van der Waals surface area contributed by atoms with Crippen LogP contribution in [0.4, 0.5) is 4.39 Å². The predicted molar refractivity (Wildman–Crippen MR) is 93.0 cm³/mol. The topological polar surface area (TPSA) is 69.6 Å². The molecular formula is C18H20BrFN2O3. The summed E-state index contributed by atoms with van der Waals surface area (Å²) >= 11 is 3.38. The zero-order chi connectivity index (χ0) is 18.0. The van der Waals surface area contributed by atoms with Crippen molar-refractivity contribution in [1.82, 2.24) is 10.2 Å². The Kier molecular flexibility index (Phi) is 3.74. The fourth-order valence-electron chi connectivity index (χ4n) is 4.16. The van der Waals surface area contributed by atoms with E-state index in [1.54, 1.807) is 19.1 Å². The van der Waals surface area contributed by atoms with Crippen molar-refractivity contribution in [3.63, 3.8) is 0 Å². The Morgan fingerprint density at radius 1 is 1.44 bits per heavy atom. The summed E-state index contributed by atoms with van der Waals surface area (Å²) in [6, 6.07) is 5.22. The highest BCUT2D eigenvalue weighted by atomic mass is 79.9. The van der Waals surface area contributed by atoms with Crippen LogP contribution in [0.1, 0.15) is 42.1 Å². The van der Waals surface area contributed by atoms with Gasteiger partial charge >= 0.3 is 0 Å². The maximum absolute atomic E-state index is 14.2. The zero-order valence-corrected chi connectivity index (χ0v) is 15.5. The summed E-state index contributed by atoms with van der Waals surface area (Å²) in [5.74, 6) is -0.497. The summed E-state index contributed by atoms with van der Waals surface area (Å²) < 4.78 is 15.0. The van der Waals surface area contributed by atoms with Gasteiger partial charge in [0, 0.05) is 28.0 Å². The molecule has 1 aliphatic heterocycles. The summed E-state index contributed by atoms with van der Waals surface area (Å²) in [4.78, 5) is 26.4. The van der Waals surface area contributed by atoms with Gasteiger partial charge in [-0.25, -0.2) is 4.39 Å². The molecule has 1 aromatic carbocycles. The van der Waals surface area contributed by atoms with Crippen LogP contribution < -0.4 is 5.32 Å². The van der Waals surface area contributed by atoms with Gasteiger partial charge < -0.3 is 15.3 Å². The van der Waals surface area contributed by atoms with Crippen LogP contribution in [-0.2, 0) is 10.2 Å². The molecule has 134 valence electrons. The van der Waals surface area contributed by atoms with Crippen LogP contribution in [0.5, 0.6) is 0 Å². The van der Waals surface area contributed by atoms with E-state index in [1.165, 1.54) is 4.90 Å². The summed E-state index contributed by atoms with van der Waals surface area (Å²) in [7, 11) is 0. The molecule has 0 bridgehead atoms. The van der Waals surface area contributed by atoms with E-state index in [2.05, 4.69) is 21.2 Å². The number of benzene rings is 1. The van der Waals surface area contributed by atoms with Crippen LogP contribution in [0.15, 0.2) is 22.7 Å². The lowest BCUT2D eigenvalue weighted by Crippen LogP contribution is -2.56. The van der Waals surface area contributed by atoms with Gasteiger partial charge in [0.25, 0.3) is 5.91 Å². The number of alkyl halides is 1. The van der Waals surface area contributed by atoms with Gasteiger partial charge in [-0.05, 0) is 49.9 Å². The summed E-state index contributed by atoms with van der Waals surface area (Å²) in [5, 5.41) is 12.6. The number of aliphatic hydroxyl groups is 1. The maximum atomic E-state index is 14.2. The molecule has 7 heteroatoms. The lowest BCUT2D eigenvalue weighted by molar-refractivity contribution is -0.125. The van der Waals surface area contributed by atoms with Gasteiger partial charge in [-0.15, -0.1) is 0 Å². The summed E-state index contributed by atoms with van der Waals surface area (Å²) in [5.41, 5.74) is -0.168. The van der Waals surface area contributed by atoms with E-state index in [4.69, 9.17) is 0 Å². The Morgan fingerprint density at radius 3 is 2.72 bits per heavy atom. The number of nitrogens with zero attached hydrogens (tertiary/aromatic N) is 1. The molecule has 25 heavy (non-hydrogen) atoms. The molecule has 0 saturated heterocycles. The molecule has 2 aliphatic carbocycles. The zero-order valence-electron chi connectivity index (χ0n) is 13.9. The van der Waals surface area contributed by atoms with Crippen LogP contribution in [0.3, 0.4) is 0 Å². The molecule has 1 heterocycles. The van der Waals surface area contributed by atoms with E-state index in [0.717, 1.165) is 10.0 Å². The van der Waals surface area contributed by atoms with Gasteiger partial charge in [-0.1, -0.05) is 15.9 Å². The molecule has 0 aromatic heterocycles. The quantitative estimate of drug-likeness (QED) is 0.799. The molecule has 3 aliphatic rings. The molecule has 0 unspecified atom stereocenters. The van der Waals surface area contributed by atoms with Crippen molar-refractivity contribution >= 4 is 27.7 Å². The number of amides is 2. The number of hydrogen-bond donors (Lipinski definition) is 2. The van der Waals surface area contributed by atoms with Gasteiger partial charge in [0.15, 0.2) is 0 Å². The van der Waals surface area contributed by atoms with Crippen molar-refractivity contribution in [2.24, 2.45) is 0 Å². The average Bonchev–Trinajstić information content (AvgIpc) is 3.13. The van der Waals surface area contributed by atoms with Gasteiger partial charge in [-0.2, -0.15) is 0 Å². The van der Waals surface area contributed by atoms with Crippen molar-refractivity contribution in [3.05, 3.63) is 33.8 Å². The Labute approximate surface area is 153 Å². The highest BCUT2D eigenvalue weighted by Crippen LogP contribution is 2.54. The first-order valence-corrected chi connectivity index (χ1v) is 9.25. The van der Waals surface area contributed by atoms with Crippen molar-refractivity contribution < 1.29 is 19.1 Å². The second kappa shape index (κ2) is 5.51. The second-order valence-corrected chi connectivity index (χ2v) is 8.76. The van der Waals surface area contributed by atoms with E-state index in [-0.39, 0.29) is 30.9 Å². The van der Waals surface area contributed by atoms with Crippen molar-refractivity contribution in [3.8, 4) is 0 Å². The molecule has 2 N–H and O–H groups in total. The van der Waals surface area contributed by atoms with Crippen LogP contribution in [0.25, 0.3) is 0 Å². The van der Waals surface area contributed by atoms with Gasteiger partial charge in [0.1, 0.15) is 6.17 Å². The Morgan fingerprint density at radius 2 is 2.12 bits per heavy atom. The first kappa shape index (κ1) is 17.0. The van der Waals surface area contributed by atoms with Crippen molar-refractivity contribution in [1.29, 1.82) is 0 Å². The van der Waals surface area contributed by atoms with E-state index in [1.807, 2.05) is 6.07 Å². The summed E-state index contributed by atoms with van der Waals surface area (Å²) in [6.45, 7) is 1.88. The van der Waals surface area contributed by atoms with Crippen LogP contribution >= 0.6 is 15.9 Å². The standard InChI is InChI=1S/C18H20BrFN2O3/c1-17(25)5-11(6-17)21-15(23)8-22-9-18(7-14(18)20)13-4-10(19)2-3-12(13)16(22)24/h2-4,11,14,25H,5-9H2,1H3,(H,21,23)/t11?,14-,17?,18+/m0/s1. The number of nitrogens with one attached hydrogen (secondary N) is 1.